The van der Waals surface area contributed by atoms with Gasteiger partial charge in [-0.2, -0.15) is 0 Å². The van der Waals surface area contributed by atoms with Gasteiger partial charge in [-0.25, -0.2) is 4.79 Å². The summed E-state index contributed by atoms with van der Waals surface area (Å²) in [6.07, 6.45) is -5.39. The molecular formula is C43H53NO11. The van der Waals surface area contributed by atoms with Crippen molar-refractivity contribution in [2.45, 2.75) is 116 Å². The van der Waals surface area contributed by atoms with Crippen molar-refractivity contribution in [3.63, 3.8) is 0 Å². The molecule has 2 saturated carbocycles. The van der Waals surface area contributed by atoms with Gasteiger partial charge in [-0.05, 0) is 74.6 Å². The minimum atomic E-state index is -1.57. The topological polar surface area (TPSA) is 164 Å². The Balaban J connectivity index is 1.70. The molecule has 12 heteroatoms. The smallest absolute Gasteiger partial charge is 0.338 e. The maximum absolute atomic E-state index is 14.0. The number of aliphatic hydroxyl groups is 1. The fourth-order valence-electron chi connectivity index (χ4n) is 9.18. The first-order chi connectivity index (χ1) is 25.8. The van der Waals surface area contributed by atoms with Crippen LogP contribution in [0.3, 0.4) is 0 Å². The van der Waals surface area contributed by atoms with E-state index in [0.29, 0.717) is 16.7 Å². The molecule has 0 radical (unpaired) electrons. The summed E-state index contributed by atoms with van der Waals surface area (Å²) in [6.45, 7) is 15.1. The average molecular weight is 760 g/mol. The summed E-state index contributed by atoms with van der Waals surface area (Å²) in [5.41, 5.74) is -1.70. The number of nitrogens with one attached hydrogen (secondary N) is 1. The fourth-order valence-corrected chi connectivity index (χ4v) is 9.18. The number of carbonyl (C=O) groups is 5. The molecule has 2 aromatic carbocycles. The number of hydrogen-bond acceptors (Lipinski definition) is 12. The molecule has 0 aromatic heterocycles. The van der Waals surface area contributed by atoms with E-state index >= 15 is 0 Å². The van der Waals surface area contributed by atoms with Crippen LogP contribution in [0.1, 0.15) is 96.1 Å². The monoisotopic (exact) mass is 759 g/mol. The molecule has 296 valence electrons. The van der Waals surface area contributed by atoms with Crippen LogP contribution in [0.4, 0.5) is 0 Å². The summed E-state index contributed by atoms with van der Waals surface area (Å²) in [5, 5.41) is 15.5. The van der Waals surface area contributed by atoms with E-state index in [-0.39, 0.29) is 37.3 Å². The van der Waals surface area contributed by atoms with Crippen LogP contribution < -0.4 is 5.32 Å². The molecule has 3 aliphatic rings. The highest BCUT2D eigenvalue weighted by Crippen LogP contribution is 2.65. The molecule has 55 heavy (non-hydrogen) atoms. The van der Waals surface area contributed by atoms with Gasteiger partial charge in [0.25, 0.3) is 0 Å². The zero-order chi connectivity index (χ0) is 40.5. The molecule has 0 bridgehead atoms. The third kappa shape index (κ3) is 8.11. The van der Waals surface area contributed by atoms with Gasteiger partial charge in [0.15, 0.2) is 12.2 Å². The second-order valence-corrected chi connectivity index (χ2v) is 15.7. The van der Waals surface area contributed by atoms with E-state index in [2.05, 4.69) is 11.9 Å². The zero-order valence-electron chi connectivity index (χ0n) is 32.9. The van der Waals surface area contributed by atoms with Gasteiger partial charge in [0.1, 0.15) is 18.3 Å². The molecule has 0 amide bonds. The summed E-state index contributed by atoms with van der Waals surface area (Å²) in [6, 6.07) is 17.4. The van der Waals surface area contributed by atoms with Crippen molar-refractivity contribution in [2.24, 2.45) is 16.7 Å². The van der Waals surface area contributed by atoms with Crippen molar-refractivity contribution in [1.29, 1.82) is 0 Å². The highest BCUT2D eigenvalue weighted by molar-refractivity contribution is 5.89. The fraction of sp³-hybridized carbons (Fsp3) is 0.512. The molecule has 9 atom stereocenters. The van der Waals surface area contributed by atoms with E-state index in [1.165, 1.54) is 20.8 Å². The lowest BCUT2D eigenvalue weighted by molar-refractivity contribution is -0.198. The number of rotatable bonds is 11. The Labute approximate surface area is 322 Å². The first-order valence-electron chi connectivity index (χ1n) is 18.7. The van der Waals surface area contributed by atoms with Gasteiger partial charge in [-0.3, -0.25) is 19.2 Å². The molecule has 12 nitrogen and oxygen atoms in total. The highest BCUT2D eigenvalue weighted by atomic mass is 16.6. The van der Waals surface area contributed by atoms with E-state index in [4.69, 9.17) is 23.7 Å². The first-order valence-corrected chi connectivity index (χ1v) is 18.7. The van der Waals surface area contributed by atoms with Crippen LogP contribution in [-0.4, -0.2) is 78.1 Å². The zero-order valence-corrected chi connectivity index (χ0v) is 32.9. The van der Waals surface area contributed by atoms with Gasteiger partial charge in [0.05, 0.1) is 23.0 Å². The molecule has 2 aromatic rings. The lowest BCUT2D eigenvalue weighted by Gasteiger charge is -2.53. The van der Waals surface area contributed by atoms with Gasteiger partial charge < -0.3 is 34.1 Å². The predicted molar refractivity (Wildman–Crippen MR) is 201 cm³/mol. The van der Waals surface area contributed by atoms with Crippen molar-refractivity contribution < 1.29 is 52.8 Å². The van der Waals surface area contributed by atoms with Crippen molar-refractivity contribution in [1.82, 2.24) is 5.32 Å². The summed E-state index contributed by atoms with van der Waals surface area (Å²) < 4.78 is 30.8. The van der Waals surface area contributed by atoms with Crippen LogP contribution in [0.15, 0.2) is 84.0 Å². The lowest BCUT2D eigenvalue weighted by atomic mass is 9.56. The predicted octanol–water partition coefficient (Wildman–Crippen LogP) is 5.73. The Morgan fingerprint density at radius 3 is 1.98 bits per heavy atom. The largest absolute Gasteiger partial charge is 0.462 e. The van der Waals surface area contributed by atoms with Crippen LogP contribution in [0.25, 0.3) is 0 Å². The molecule has 2 N–H and O–H groups in total. The van der Waals surface area contributed by atoms with E-state index < -0.39 is 82.7 Å². The third-order valence-corrected chi connectivity index (χ3v) is 11.9. The Hall–Kier alpha value is -4.81. The molecule has 0 aliphatic heterocycles. The van der Waals surface area contributed by atoms with Gasteiger partial charge in [0.2, 0.25) is 0 Å². The quantitative estimate of drug-likeness (QED) is 0.163. The summed E-state index contributed by atoms with van der Waals surface area (Å²) in [7, 11) is 1.75. The molecular weight excluding hydrogens is 706 g/mol. The average Bonchev–Trinajstić information content (AvgIpc) is 3.35. The summed E-state index contributed by atoms with van der Waals surface area (Å²) in [4.78, 5) is 66.3. The Bertz CT molecular complexity index is 1830. The van der Waals surface area contributed by atoms with Crippen LogP contribution >= 0.6 is 0 Å². The van der Waals surface area contributed by atoms with E-state index in [0.717, 1.165) is 5.56 Å². The molecule has 2 fully saturated rings. The van der Waals surface area contributed by atoms with Crippen molar-refractivity contribution in [3.05, 3.63) is 95.1 Å². The van der Waals surface area contributed by atoms with Crippen molar-refractivity contribution >= 4 is 29.8 Å². The number of esters is 5. The van der Waals surface area contributed by atoms with E-state index in [1.807, 2.05) is 30.3 Å². The molecule has 0 spiro atoms. The number of fused-ring (bicyclic) bond motifs is 2. The van der Waals surface area contributed by atoms with Gasteiger partial charge in [0, 0.05) is 45.1 Å². The number of benzene rings is 2. The molecule has 0 heterocycles. The second-order valence-electron chi connectivity index (χ2n) is 15.7. The second kappa shape index (κ2) is 16.1. The highest BCUT2D eigenvalue weighted by Gasteiger charge is 2.69. The minimum absolute atomic E-state index is 0.0121. The third-order valence-electron chi connectivity index (χ3n) is 11.9. The summed E-state index contributed by atoms with van der Waals surface area (Å²) in [5.74, 6) is -3.92. The van der Waals surface area contributed by atoms with Crippen molar-refractivity contribution in [2.75, 3.05) is 7.05 Å². The number of hydrogen-bond donors (Lipinski definition) is 2. The first kappa shape index (κ1) is 41.4. The van der Waals surface area contributed by atoms with Crippen LogP contribution in [-0.2, 0) is 42.9 Å². The van der Waals surface area contributed by atoms with E-state index in [9.17, 15) is 29.1 Å². The van der Waals surface area contributed by atoms with Crippen LogP contribution in [0.5, 0.6) is 0 Å². The van der Waals surface area contributed by atoms with E-state index in [1.54, 1.807) is 65.1 Å². The Morgan fingerprint density at radius 1 is 0.855 bits per heavy atom. The Morgan fingerprint density at radius 2 is 1.44 bits per heavy atom. The molecule has 0 unspecified atom stereocenters. The number of carbonyl (C=O) groups excluding carboxylic acids is 5. The van der Waals surface area contributed by atoms with Crippen LogP contribution in [0, 0.1) is 16.7 Å². The SMILES string of the molecule is C=C1[C@H](OC(=O)C[C@@H](NC)c2ccccc2)C[C@@H](OC(C)=O)[C@]2(C)[C@H](OC(C)=O)[C@H](OC(=O)c3ccccc3)C3=C(C)[C@H](OC(C)=O)C[C@@]3(C(C)(C)O)C[C@@H]12. The molecule has 0 saturated heterocycles. The van der Waals surface area contributed by atoms with Crippen LogP contribution in [0.2, 0.25) is 0 Å². The van der Waals surface area contributed by atoms with Gasteiger partial charge in [-0.15, -0.1) is 0 Å². The normalized spacial score (nSPS) is 29.5. The summed E-state index contributed by atoms with van der Waals surface area (Å²) >= 11 is 0. The lowest BCUT2D eigenvalue weighted by Crippen LogP contribution is -2.60. The Kier molecular flexibility index (Phi) is 12.1. The number of ether oxygens (including phenoxy) is 5. The maximum atomic E-state index is 14.0. The minimum Gasteiger partial charge on any atom is -0.462 e. The maximum Gasteiger partial charge on any atom is 0.338 e. The van der Waals surface area contributed by atoms with Crippen molar-refractivity contribution in [3.8, 4) is 0 Å². The molecule has 3 aliphatic carbocycles. The molecule has 5 rings (SSSR count). The van der Waals surface area contributed by atoms with Gasteiger partial charge in [-0.1, -0.05) is 62.0 Å². The van der Waals surface area contributed by atoms with Gasteiger partial charge >= 0.3 is 29.8 Å². The standard InChI is InChI=1S/C43H53NO11/c1-24-31-22-43(41(6,7)50)23-34(51-26(3)45)25(2)37(43)38(55-40(49)30-18-14-11-15-19-30)39(53-28(5)47)42(31,8)35(52-27(4)46)21-33(24)54-36(48)20-32(44-9)29-16-12-10-13-17-29/h10-19,31-35,38-39,44,50H,1,20-23H2,2-9H3/t31-,32+,33+,34+,35+,38+,39+,42+,43-/m0/s1.